The van der Waals surface area contributed by atoms with Crippen LogP contribution < -0.4 is 5.32 Å². The largest absolute Gasteiger partial charge is 0.480 e. The van der Waals surface area contributed by atoms with E-state index in [1.807, 2.05) is 34.7 Å². The highest BCUT2D eigenvalue weighted by atomic mass is 16.4. The van der Waals surface area contributed by atoms with Gasteiger partial charge in [0.15, 0.2) is 0 Å². The van der Waals surface area contributed by atoms with E-state index in [0.717, 1.165) is 17.0 Å². The zero-order chi connectivity index (χ0) is 18.0. The molecule has 0 saturated heterocycles. The van der Waals surface area contributed by atoms with E-state index in [-0.39, 0.29) is 11.6 Å². The fourth-order valence-electron chi connectivity index (χ4n) is 2.64. The number of carbonyl (C=O) groups excluding carboxylic acids is 1. The van der Waals surface area contributed by atoms with E-state index in [9.17, 15) is 14.7 Å². The first-order valence-corrected chi connectivity index (χ1v) is 7.80. The Labute approximate surface area is 140 Å². The third-order valence-corrected chi connectivity index (χ3v) is 3.90. The molecular formula is C16H23N5O3. The second-order valence-electron chi connectivity index (χ2n) is 6.33. The average molecular weight is 333 g/mol. The molecule has 0 aliphatic carbocycles. The highest BCUT2D eigenvalue weighted by Crippen LogP contribution is 2.25. The summed E-state index contributed by atoms with van der Waals surface area (Å²) in [4.78, 5) is 23.6. The summed E-state index contributed by atoms with van der Waals surface area (Å²) in [5.41, 5.74) is 3.46. The standard InChI is InChI=1S/C16H23N5O3/c1-8(2)6-13(16(23)24)17-15(22)12-7-11(18-19-12)14-9(3)20-21(5)10(14)4/h7-8,13H,6H2,1-5H3,(H,17,22)(H,18,19)(H,23,24)/t13-/m1/s1. The van der Waals surface area contributed by atoms with E-state index >= 15 is 0 Å². The number of nitrogens with zero attached hydrogens (tertiary/aromatic N) is 3. The first-order chi connectivity index (χ1) is 11.2. The predicted molar refractivity (Wildman–Crippen MR) is 88.6 cm³/mol. The van der Waals surface area contributed by atoms with Gasteiger partial charge < -0.3 is 10.4 Å². The van der Waals surface area contributed by atoms with E-state index < -0.39 is 17.9 Å². The van der Waals surface area contributed by atoms with Crippen molar-refractivity contribution in [3.63, 3.8) is 0 Å². The lowest BCUT2D eigenvalue weighted by Gasteiger charge is -2.15. The summed E-state index contributed by atoms with van der Waals surface area (Å²) in [5, 5.41) is 22.9. The van der Waals surface area contributed by atoms with Gasteiger partial charge in [-0.2, -0.15) is 10.2 Å². The Hall–Kier alpha value is -2.64. The molecule has 2 heterocycles. The molecule has 130 valence electrons. The van der Waals surface area contributed by atoms with Crippen LogP contribution in [0.4, 0.5) is 0 Å². The molecule has 2 rings (SSSR count). The van der Waals surface area contributed by atoms with Crippen molar-refractivity contribution in [2.75, 3.05) is 0 Å². The smallest absolute Gasteiger partial charge is 0.326 e. The molecule has 8 nitrogen and oxygen atoms in total. The molecule has 24 heavy (non-hydrogen) atoms. The third kappa shape index (κ3) is 3.64. The minimum Gasteiger partial charge on any atom is -0.480 e. The lowest BCUT2D eigenvalue weighted by atomic mass is 10.0. The zero-order valence-corrected chi connectivity index (χ0v) is 14.5. The molecule has 0 radical (unpaired) electrons. The molecule has 0 bridgehead atoms. The van der Waals surface area contributed by atoms with Gasteiger partial charge in [-0.1, -0.05) is 13.8 Å². The summed E-state index contributed by atoms with van der Waals surface area (Å²) in [7, 11) is 1.84. The monoisotopic (exact) mass is 333 g/mol. The molecule has 2 aromatic rings. The van der Waals surface area contributed by atoms with E-state index in [2.05, 4.69) is 20.6 Å². The number of carboxylic acids is 1. The number of rotatable bonds is 6. The molecule has 0 spiro atoms. The number of carboxylic acid groups (broad SMARTS) is 1. The van der Waals surface area contributed by atoms with Crippen LogP contribution in [-0.4, -0.2) is 43.0 Å². The maximum Gasteiger partial charge on any atom is 0.326 e. The minimum absolute atomic E-state index is 0.157. The molecule has 0 fully saturated rings. The number of aliphatic carboxylic acids is 1. The van der Waals surface area contributed by atoms with Crippen LogP contribution in [-0.2, 0) is 11.8 Å². The molecule has 1 atom stereocenters. The number of hydrogen-bond donors (Lipinski definition) is 3. The summed E-state index contributed by atoms with van der Waals surface area (Å²) < 4.78 is 1.75. The number of hydrogen-bond acceptors (Lipinski definition) is 4. The van der Waals surface area contributed by atoms with Crippen molar-refractivity contribution in [2.24, 2.45) is 13.0 Å². The normalized spacial score (nSPS) is 12.4. The van der Waals surface area contributed by atoms with Crippen LogP contribution in [0.3, 0.4) is 0 Å². The SMILES string of the molecule is Cc1nn(C)c(C)c1-c1cc(C(=O)N[C@H](CC(C)C)C(=O)O)[nH]n1. The Kier molecular flexibility index (Phi) is 5.06. The zero-order valence-electron chi connectivity index (χ0n) is 14.5. The number of amides is 1. The van der Waals surface area contributed by atoms with Crippen LogP contribution in [0.5, 0.6) is 0 Å². The number of aromatic amines is 1. The van der Waals surface area contributed by atoms with Gasteiger partial charge in [0, 0.05) is 18.3 Å². The highest BCUT2D eigenvalue weighted by Gasteiger charge is 2.23. The molecule has 8 heteroatoms. The van der Waals surface area contributed by atoms with Gasteiger partial charge in [-0.05, 0) is 32.3 Å². The maximum absolute atomic E-state index is 12.3. The fraction of sp³-hybridized carbons (Fsp3) is 0.500. The topological polar surface area (TPSA) is 113 Å². The van der Waals surface area contributed by atoms with Crippen molar-refractivity contribution >= 4 is 11.9 Å². The van der Waals surface area contributed by atoms with Crippen LogP contribution in [0.2, 0.25) is 0 Å². The van der Waals surface area contributed by atoms with Crippen molar-refractivity contribution < 1.29 is 14.7 Å². The van der Waals surface area contributed by atoms with Gasteiger partial charge in [0.2, 0.25) is 0 Å². The predicted octanol–water partition coefficient (Wildman–Crippen LogP) is 1.66. The Morgan fingerprint density at radius 1 is 1.38 bits per heavy atom. The number of aromatic nitrogens is 4. The number of H-pyrrole nitrogens is 1. The van der Waals surface area contributed by atoms with Crippen LogP contribution in [0.15, 0.2) is 6.07 Å². The van der Waals surface area contributed by atoms with Crippen molar-refractivity contribution in [1.82, 2.24) is 25.3 Å². The first-order valence-electron chi connectivity index (χ1n) is 7.80. The summed E-state index contributed by atoms with van der Waals surface area (Å²) in [6.07, 6.45) is 0.364. The Bertz CT molecular complexity index is 760. The number of aryl methyl sites for hydroxylation is 2. The summed E-state index contributed by atoms with van der Waals surface area (Å²) in [5.74, 6) is -1.37. The summed E-state index contributed by atoms with van der Waals surface area (Å²) in [6, 6.07) is 0.687. The number of carbonyl (C=O) groups is 2. The quantitative estimate of drug-likeness (QED) is 0.744. The van der Waals surface area contributed by atoms with Gasteiger partial charge in [0.25, 0.3) is 5.91 Å². The third-order valence-electron chi connectivity index (χ3n) is 3.90. The maximum atomic E-state index is 12.3. The van der Waals surface area contributed by atoms with E-state index in [1.165, 1.54) is 0 Å². The van der Waals surface area contributed by atoms with Gasteiger partial charge in [0.05, 0.1) is 11.4 Å². The van der Waals surface area contributed by atoms with E-state index in [4.69, 9.17) is 0 Å². The van der Waals surface area contributed by atoms with Crippen LogP contribution in [0.1, 0.15) is 42.1 Å². The molecule has 2 aromatic heterocycles. The van der Waals surface area contributed by atoms with Gasteiger partial charge in [0.1, 0.15) is 11.7 Å². The fourth-order valence-corrected chi connectivity index (χ4v) is 2.64. The Morgan fingerprint density at radius 2 is 2.04 bits per heavy atom. The minimum atomic E-state index is -1.05. The molecule has 1 amide bonds. The molecule has 0 saturated carbocycles. The average Bonchev–Trinajstić information content (AvgIpc) is 3.03. The summed E-state index contributed by atoms with van der Waals surface area (Å²) in [6.45, 7) is 7.61. The van der Waals surface area contributed by atoms with Gasteiger partial charge in [-0.3, -0.25) is 14.6 Å². The van der Waals surface area contributed by atoms with Crippen molar-refractivity contribution in [2.45, 2.75) is 40.2 Å². The molecule has 0 unspecified atom stereocenters. The molecule has 0 aromatic carbocycles. The lowest BCUT2D eigenvalue weighted by molar-refractivity contribution is -0.139. The van der Waals surface area contributed by atoms with Gasteiger partial charge in [-0.25, -0.2) is 4.79 Å². The molecule has 0 aliphatic heterocycles. The lowest BCUT2D eigenvalue weighted by Crippen LogP contribution is -2.41. The molecule has 3 N–H and O–H groups in total. The van der Waals surface area contributed by atoms with Crippen molar-refractivity contribution in [3.8, 4) is 11.3 Å². The van der Waals surface area contributed by atoms with Crippen molar-refractivity contribution in [1.29, 1.82) is 0 Å². The van der Waals surface area contributed by atoms with Crippen LogP contribution >= 0.6 is 0 Å². The molecule has 0 aliphatic rings. The molecular weight excluding hydrogens is 310 g/mol. The first kappa shape index (κ1) is 17.7. The van der Waals surface area contributed by atoms with Gasteiger partial charge in [-0.15, -0.1) is 0 Å². The Balaban J connectivity index is 2.20. The summed E-state index contributed by atoms with van der Waals surface area (Å²) >= 11 is 0. The number of nitrogens with one attached hydrogen (secondary N) is 2. The highest BCUT2D eigenvalue weighted by molar-refractivity contribution is 5.95. The van der Waals surface area contributed by atoms with Gasteiger partial charge >= 0.3 is 5.97 Å². The Morgan fingerprint density at radius 3 is 2.54 bits per heavy atom. The van der Waals surface area contributed by atoms with Crippen LogP contribution in [0, 0.1) is 19.8 Å². The van der Waals surface area contributed by atoms with E-state index in [0.29, 0.717) is 12.1 Å². The van der Waals surface area contributed by atoms with Crippen molar-refractivity contribution in [3.05, 3.63) is 23.1 Å². The second kappa shape index (κ2) is 6.86. The second-order valence-corrected chi connectivity index (χ2v) is 6.33. The van der Waals surface area contributed by atoms with Crippen LogP contribution in [0.25, 0.3) is 11.3 Å². The van der Waals surface area contributed by atoms with E-state index in [1.54, 1.807) is 10.7 Å².